The summed E-state index contributed by atoms with van der Waals surface area (Å²) in [6, 6.07) is 7.31. The second kappa shape index (κ2) is 7.53. The largest absolute Gasteiger partial charge is 0.494 e. The van der Waals surface area contributed by atoms with Gasteiger partial charge in [0.15, 0.2) is 0 Å². The van der Waals surface area contributed by atoms with Crippen LogP contribution in [-0.4, -0.2) is 23.9 Å². The van der Waals surface area contributed by atoms with Crippen molar-refractivity contribution in [3.05, 3.63) is 29.8 Å². The van der Waals surface area contributed by atoms with E-state index >= 15 is 0 Å². The molecule has 1 aliphatic carbocycles. The van der Waals surface area contributed by atoms with Crippen LogP contribution in [0.25, 0.3) is 0 Å². The van der Waals surface area contributed by atoms with Crippen molar-refractivity contribution in [1.82, 2.24) is 5.32 Å². The maximum absolute atomic E-state index is 12.2. The van der Waals surface area contributed by atoms with Crippen LogP contribution in [0.1, 0.15) is 49.4 Å². The Morgan fingerprint density at radius 2 is 1.95 bits per heavy atom. The van der Waals surface area contributed by atoms with E-state index in [1.807, 2.05) is 19.1 Å². The number of benzene rings is 1. The summed E-state index contributed by atoms with van der Waals surface area (Å²) in [7, 11) is 0. The summed E-state index contributed by atoms with van der Waals surface area (Å²) in [4.78, 5) is 12.2. The first-order chi connectivity index (χ1) is 9.70. The first kappa shape index (κ1) is 15.2. The fraction of sp³-hybridized carbons (Fsp3) is 0.562. The van der Waals surface area contributed by atoms with Gasteiger partial charge in [-0.3, -0.25) is 4.79 Å². The third kappa shape index (κ3) is 4.14. The fourth-order valence-corrected chi connectivity index (χ4v) is 2.89. The van der Waals surface area contributed by atoms with Crippen LogP contribution in [0.5, 0.6) is 5.75 Å². The molecule has 2 atom stereocenters. The van der Waals surface area contributed by atoms with Gasteiger partial charge >= 0.3 is 0 Å². The van der Waals surface area contributed by atoms with Gasteiger partial charge in [-0.1, -0.05) is 19.3 Å². The average Bonchev–Trinajstić information content (AvgIpc) is 2.65. The Labute approximate surface area is 125 Å². The molecular formula is C16H22ClNO2. The SMILES string of the molecule is CCOc1ccc(C(=O)NC2CCCCCC2Cl)cc1. The molecule has 0 aromatic heterocycles. The van der Waals surface area contributed by atoms with Crippen molar-refractivity contribution in [3.63, 3.8) is 0 Å². The van der Waals surface area contributed by atoms with Crippen LogP contribution in [0.4, 0.5) is 0 Å². The molecule has 0 bridgehead atoms. The van der Waals surface area contributed by atoms with Gasteiger partial charge in [0.2, 0.25) is 0 Å². The molecule has 3 nitrogen and oxygen atoms in total. The van der Waals surface area contributed by atoms with Crippen molar-refractivity contribution in [2.75, 3.05) is 6.61 Å². The molecule has 0 heterocycles. The molecule has 1 aromatic rings. The highest BCUT2D eigenvalue weighted by Crippen LogP contribution is 2.22. The van der Waals surface area contributed by atoms with E-state index < -0.39 is 0 Å². The van der Waals surface area contributed by atoms with Gasteiger partial charge in [0.1, 0.15) is 5.75 Å². The van der Waals surface area contributed by atoms with Gasteiger partial charge in [-0.25, -0.2) is 0 Å². The van der Waals surface area contributed by atoms with Gasteiger partial charge in [-0.2, -0.15) is 0 Å². The lowest BCUT2D eigenvalue weighted by Gasteiger charge is -2.21. The molecule has 1 fully saturated rings. The van der Waals surface area contributed by atoms with E-state index in [4.69, 9.17) is 16.3 Å². The zero-order chi connectivity index (χ0) is 14.4. The van der Waals surface area contributed by atoms with Crippen LogP contribution in [-0.2, 0) is 0 Å². The number of rotatable bonds is 4. The number of ether oxygens (including phenoxy) is 1. The summed E-state index contributed by atoms with van der Waals surface area (Å²) in [5.74, 6) is 0.735. The minimum absolute atomic E-state index is 0.0455. The second-order valence-electron chi connectivity index (χ2n) is 5.19. The molecular weight excluding hydrogens is 274 g/mol. The van der Waals surface area contributed by atoms with Crippen LogP contribution < -0.4 is 10.1 Å². The van der Waals surface area contributed by atoms with Crippen molar-refractivity contribution < 1.29 is 9.53 Å². The molecule has 1 aromatic carbocycles. The summed E-state index contributed by atoms with van der Waals surface area (Å²) >= 11 is 6.35. The number of carbonyl (C=O) groups excluding carboxylic acids is 1. The Morgan fingerprint density at radius 1 is 1.25 bits per heavy atom. The number of amides is 1. The van der Waals surface area contributed by atoms with Gasteiger partial charge < -0.3 is 10.1 Å². The number of nitrogens with one attached hydrogen (secondary N) is 1. The van der Waals surface area contributed by atoms with Gasteiger partial charge in [-0.05, 0) is 44.0 Å². The molecule has 1 aliphatic rings. The third-order valence-electron chi connectivity index (χ3n) is 3.68. The van der Waals surface area contributed by atoms with Crippen molar-refractivity contribution in [2.24, 2.45) is 0 Å². The maximum Gasteiger partial charge on any atom is 0.251 e. The van der Waals surface area contributed by atoms with E-state index in [1.54, 1.807) is 12.1 Å². The summed E-state index contributed by atoms with van der Waals surface area (Å²) in [5.41, 5.74) is 0.654. The normalized spacial score (nSPS) is 22.9. The van der Waals surface area contributed by atoms with Crippen molar-refractivity contribution in [3.8, 4) is 5.75 Å². The number of alkyl halides is 1. The predicted molar refractivity (Wildman–Crippen MR) is 81.6 cm³/mol. The first-order valence-electron chi connectivity index (χ1n) is 7.38. The van der Waals surface area contributed by atoms with Crippen LogP contribution >= 0.6 is 11.6 Å². The summed E-state index contributed by atoms with van der Waals surface area (Å²) < 4.78 is 5.37. The van der Waals surface area contributed by atoms with Crippen LogP contribution in [0.2, 0.25) is 0 Å². The van der Waals surface area contributed by atoms with Crippen LogP contribution in [0, 0.1) is 0 Å². The number of carbonyl (C=O) groups is 1. The summed E-state index contributed by atoms with van der Waals surface area (Å²) in [6.07, 6.45) is 5.45. The maximum atomic E-state index is 12.2. The molecule has 0 saturated heterocycles. The standard InChI is InChI=1S/C16H22ClNO2/c1-2-20-13-10-8-12(9-11-13)16(19)18-15-7-5-3-4-6-14(15)17/h8-11,14-15H,2-7H2,1H3,(H,18,19). The molecule has 20 heavy (non-hydrogen) atoms. The highest BCUT2D eigenvalue weighted by molar-refractivity contribution is 6.21. The molecule has 110 valence electrons. The fourth-order valence-electron chi connectivity index (χ4n) is 2.55. The van der Waals surface area contributed by atoms with Gasteiger partial charge in [-0.15, -0.1) is 11.6 Å². The Kier molecular flexibility index (Phi) is 5.72. The average molecular weight is 296 g/mol. The molecule has 0 spiro atoms. The number of hydrogen-bond donors (Lipinski definition) is 1. The highest BCUT2D eigenvalue weighted by Gasteiger charge is 2.23. The van der Waals surface area contributed by atoms with Crippen molar-refractivity contribution >= 4 is 17.5 Å². The zero-order valence-electron chi connectivity index (χ0n) is 11.9. The molecule has 4 heteroatoms. The van der Waals surface area contributed by atoms with Crippen LogP contribution in [0.3, 0.4) is 0 Å². The summed E-state index contributed by atoms with van der Waals surface area (Å²) in [6.45, 7) is 2.56. The predicted octanol–water partition coefficient (Wildman–Crippen LogP) is 3.76. The van der Waals surface area contributed by atoms with Crippen molar-refractivity contribution in [2.45, 2.75) is 50.4 Å². The van der Waals surface area contributed by atoms with E-state index in [9.17, 15) is 4.79 Å². The minimum Gasteiger partial charge on any atom is -0.494 e. The lowest BCUT2D eigenvalue weighted by molar-refractivity contribution is 0.0934. The molecule has 0 radical (unpaired) electrons. The number of hydrogen-bond acceptors (Lipinski definition) is 2. The molecule has 2 rings (SSSR count). The topological polar surface area (TPSA) is 38.3 Å². The second-order valence-corrected chi connectivity index (χ2v) is 5.75. The van der Waals surface area contributed by atoms with E-state index in [2.05, 4.69) is 5.32 Å². The Balaban J connectivity index is 1.96. The molecule has 1 amide bonds. The quantitative estimate of drug-likeness (QED) is 0.678. The Bertz CT molecular complexity index is 433. The van der Waals surface area contributed by atoms with E-state index in [0.29, 0.717) is 12.2 Å². The lowest BCUT2D eigenvalue weighted by atomic mass is 10.1. The monoisotopic (exact) mass is 295 g/mol. The molecule has 1 saturated carbocycles. The van der Waals surface area contributed by atoms with Gasteiger partial charge in [0.05, 0.1) is 12.0 Å². The lowest BCUT2D eigenvalue weighted by Crippen LogP contribution is -2.40. The van der Waals surface area contributed by atoms with Crippen molar-refractivity contribution in [1.29, 1.82) is 0 Å². The molecule has 0 aliphatic heterocycles. The summed E-state index contributed by atoms with van der Waals surface area (Å²) in [5, 5.41) is 3.11. The van der Waals surface area contributed by atoms with E-state index in [-0.39, 0.29) is 17.3 Å². The third-order valence-corrected chi connectivity index (χ3v) is 4.20. The number of halogens is 1. The van der Waals surface area contributed by atoms with Gasteiger partial charge in [0, 0.05) is 11.6 Å². The van der Waals surface area contributed by atoms with Crippen LogP contribution in [0.15, 0.2) is 24.3 Å². The Morgan fingerprint density at radius 3 is 2.65 bits per heavy atom. The first-order valence-corrected chi connectivity index (χ1v) is 7.82. The minimum atomic E-state index is -0.0504. The zero-order valence-corrected chi connectivity index (χ0v) is 12.7. The molecule has 1 N–H and O–H groups in total. The smallest absolute Gasteiger partial charge is 0.251 e. The Hall–Kier alpha value is -1.22. The van der Waals surface area contributed by atoms with Gasteiger partial charge in [0.25, 0.3) is 5.91 Å². The highest BCUT2D eigenvalue weighted by atomic mass is 35.5. The molecule has 2 unspecified atom stereocenters. The van der Waals surface area contributed by atoms with E-state index in [1.165, 1.54) is 6.42 Å². The van der Waals surface area contributed by atoms with E-state index in [0.717, 1.165) is 31.4 Å².